The third-order valence-corrected chi connectivity index (χ3v) is 14.8. The van der Waals surface area contributed by atoms with Crippen molar-refractivity contribution >= 4 is 21.5 Å². The van der Waals surface area contributed by atoms with E-state index in [4.69, 9.17) is 4.74 Å². The lowest BCUT2D eigenvalue weighted by Crippen LogP contribution is -2.34. The second-order valence-electron chi connectivity index (χ2n) is 17.9. The van der Waals surface area contributed by atoms with Crippen molar-refractivity contribution < 1.29 is 4.74 Å². The molecule has 9 rings (SSSR count). The van der Waals surface area contributed by atoms with Gasteiger partial charge in [0.1, 0.15) is 11.5 Å². The summed E-state index contributed by atoms with van der Waals surface area (Å²) in [7, 11) is 0. The van der Waals surface area contributed by atoms with Crippen LogP contribution in [0.25, 0.3) is 43.8 Å². The second kappa shape index (κ2) is 15.3. The van der Waals surface area contributed by atoms with Crippen LogP contribution in [-0.4, -0.2) is 0 Å². The molecule has 0 saturated carbocycles. The highest BCUT2D eigenvalue weighted by Gasteiger charge is 2.46. The van der Waals surface area contributed by atoms with E-state index in [1.165, 1.54) is 122 Å². The average Bonchev–Trinajstić information content (AvgIpc) is 3.27. The smallest absolute Gasteiger partial charge is 0.132 e. The van der Waals surface area contributed by atoms with Crippen molar-refractivity contribution in [3.63, 3.8) is 0 Å². The predicted octanol–water partition coefficient (Wildman–Crippen LogP) is 16.1. The van der Waals surface area contributed by atoms with Crippen molar-refractivity contribution in [2.45, 2.75) is 100 Å². The molecule has 0 unspecified atom stereocenters. The van der Waals surface area contributed by atoms with Gasteiger partial charge in [-0.15, -0.1) is 0 Å². The molecular formula is C59H58O. The van der Waals surface area contributed by atoms with E-state index in [0.717, 1.165) is 37.2 Å². The number of aryl methyl sites for hydroxylation is 8. The second-order valence-corrected chi connectivity index (χ2v) is 17.9. The third kappa shape index (κ3) is 6.37. The molecule has 0 saturated heterocycles. The van der Waals surface area contributed by atoms with Crippen LogP contribution >= 0.6 is 0 Å². The zero-order chi connectivity index (χ0) is 42.0. The van der Waals surface area contributed by atoms with Crippen LogP contribution in [0.15, 0.2) is 121 Å². The Balaban J connectivity index is 1.33. The minimum absolute atomic E-state index is 0.366. The van der Waals surface area contributed by atoms with E-state index >= 15 is 0 Å². The fraction of sp³-hybridized carbons (Fsp3) is 0.254. The van der Waals surface area contributed by atoms with Gasteiger partial charge in [-0.3, -0.25) is 0 Å². The molecule has 1 nitrogen and oxygen atoms in total. The number of rotatable bonds is 8. The quantitative estimate of drug-likeness (QED) is 0.149. The fourth-order valence-electron chi connectivity index (χ4n) is 10.8. The molecule has 0 bridgehead atoms. The Hall–Kier alpha value is -5.92. The van der Waals surface area contributed by atoms with Crippen molar-refractivity contribution in [1.82, 2.24) is 0 Å². The summed E-state index contributed by atoms with van der Waals surface area (Å²) in [5, 5.41) is 5.56. The van der Waals surface area contributed by atoms with Gasteiger partial charge in [-0.05, 0) is 218 Å². The number of hydrogen-bond acceptors (Lipinski definition) is 1. The molecular weight excluding hydrogens is 725 g/mol. The van der Waals surface area contributed by atoms with Crippen LogP contribution < -0.4 is 4.74 Å². The number of hydrogen-bond donors (Lipinski definition) is 0. The summed E-state index contributed by atoms with van der Waals surface area (Å²) in [6.07, 6.45) is 3.79. The molecule has 60 heavy (non-hydrogen) atoms. The first-order valence-electron chi connectivity index (χ1n) is 21.9. The summed E-state index contributed by atoms with van der Waals surface area (Å²) >= 11 is 0. The maximum absolute atomic E-state index is 7.37. The molecule has 1 heterocycles. The lowest BCUT2D eigenvalue weighted by atomic mass is 9.62. The highest BCUT2D eigenvalue weighted by molar-refractivity contribution is 6.03. The minimum atomic E-state index is -0.366. The normalized spacial score (nSPS) is 13.0. The first-order valence-corrected chi connectivity index (χ1v) is 21.9. The molecule has 0 aromatic heterocycles. The summed E-state index contributed by atoms with van der Waals surface area (Å²) in [5.74, 6) is 2.04. The van der Waals surface area contributed by atoms with Crippen LogP contribution in [0.3, 0.4) is 0 Å². The molecule has 1 heteroatoms. The molecule has 0 N–H and O–H groups in total. The predicted molar refractivity (Wildman–Crippen MR) is 257 cm³/mol. The Bertz CT molecular complexity index is 2740. The van der Waals surface area contributed by atoms with Gasteiger partial charge in [-0.2, -0.15) is 0 Å². The SMILES string of the molecule is Cc1c(C)c(C)c2c3c(cc(C)c2c1C)Oc1cc(C)c2c(C)c(C)c(C)c(C)c2c1C3(CCc1ccc(-c2ccccc2)cc1)CCc1ccc(-c2ccccc2)cc1. The fourth-order valence-corrected chi connectivity index (χ4v) is 10.8. The van der Waals surface area contributed by atoms with Gasteiger partial charge in [-0.1, -0.05) is 109 Å². The highest BCUT2D eigenvalue weighted by Crippen LogP contribution is 2.59. The van der Waals surface area contributed by atoms with E-state index in [1.54, 1.807) is 0 Å². The number of fused-ring (bicyclic) bond motifs is 6. The molecule has 300 valence electrons. The molecule has 8 aromatic carbocycles. The van der Waals surface area contributed by atoms with E-state index in [-0.39, 0.29) is 5.41 Å². The molecule has 1 aliphatic heterocycles. The van der Waals surface area contributed by atoms with E-state index in [0.29, 0.717) is 0 Å². The number of ether oxygens (including phenoxy) is 1. The molecule has 0 radical (unpaired) electrons. The Morgan fingerprint density at radius 1 is 0.350 bits per heavy atom. The van der Waals surface area contributed by atoms with Crippen LogP contribution in [0.1, 0.15) is 90.7 Å². The summed E-state index contributed by atoms with van der Waals surface area (Å²) < 4.78 is 7.37. The van der Waals surface area contributed by atoms with Gasteiger partial charge in [-0.25, -0.2) is 0 Å². The van der Waals surface area contributed by atoms with Gasteiger partial charge >= 0.3 is 0 Å². The maximum Gasteiger partial charge on any atom is 0.132 e. The third-order valence-electron chi connectivity index (χ3n) is 14.8. The zero-order valence-electron chi connectivity index (χ0n) is 37.3. The van der Waals surface area contributed by atoms with Crippen LogP contribution in [0.4, 0.5) is 0 Å². The van der Waals surface area contributed by atoms with Crippen LogP contribution in [0, 0.1) is 69.2 Å². The standard InChI is InChI=1S/C59H58O/c1-35-33-51-57(55-43(9)39(5)37(3)41(7)53(35)55)59(31-29-45-21-25-49(26-22-45)47-17-13-11-14-18-47,32-30-46-23-27-50(28-24-46)48-19-15-12-16-20-48)58-52(60-51)34-36(2)54-42(8)38(4)40(6)44(10)56(54)58/h11-28,33-34H,29-32H2,1-10H3. The summed E-state index contributed by atoms with van der Waals surface area (Å²) in [4.78, 5) is 0. The van der Waals surface area contributed by atoms with Gasteiger partial charge in [0, 0.05) is 16.5 Å². The Morgan fingerprint density at radius 3 is 1.02 bits per heavy atom. The van der Waals surface area contributed by atoms with Crippen LogP contribution in [0.5, 0.6) is 11.5 Å². The van der Waals surface area contributed by atoms with Crippen molar-refractivity contribution in [1.29, 1.82) is 0 Å². The van der Waals surface area contributed by atoms with E-state index in [9.17, 15) is 0 Å². The van der Waals surface area contributed by atoms with Gasteiger partial charge in [0.15, 0.2) is 0 Å². The molecule has 0 atom stereocenters. The topological polar surface area (TPSA) is 9.23 Å². The molecule has 0 amide bonds. The summed E-state index contributed by atoms with van der Waals surface area (Å²) in [6.45, 7) is 23.2. The van der Waals surface area contributed by atoms with Gasteiger partial charge < -0.3 is 4.74 Å². The summed E-state index contributed by atoms with van der Waals surface area (Å²) in [5.41, 5.74) is 23.8. The minimum Gasteiger partial charge on any atom is -0.457 e. The molecule has 8 aromatic rings. The van der Waals surface area contributed by atoms with Crippen molar-refractivity contribution in [2.24, 2.45) is 0 Å². The lowest BCUT2D eigenvalue weighted by molar-refractivity contribution is 0.363. The van der Waals surface area contributed by atoms with Crippen LogP contribution in [0.2, 0.25) is 0 Å². The molecule has 0 fully saturated rings. The van der Waals surface area contributed by atoms with Gasteiger partial charge in [0.2, 0.25) is 0 Å². The van der Waals surface area contributed by atoms with E-state index in [2.05, 4.69) is 191 Å². The van der Waals surface area contributed by atoms with Gasteiger partial charge in [0.25, 0.3) is 0 Å². The molecule has 1 aliphatic rings. The lowest BCUT2D eigenvalue weighted by Gasteiger charge is -2.44. The number of benzene rings is 8. The molecule has 0 aliphatic carbocycles. The van der Waals surface area contributed by atoms with Crippen molar-refractivity contribution in [3.8, 4) is 33.8 Å². The average molecular weight is 783 g/mol. The highest BCUT2D eigenvalue weighted by atomic mass is 16.5. The largest absolute Gasteiger partial charge is 0.457 e. The van der Waals surface area contributed by atoms with E-state index < -0.39 is 0 Å². The first kappa shape index (κ1) is 39.5. The monoisotopic (exact) mass is 782 g/mol. The zero-order valence-corrected chi connectivity index (χ0v) is 37.3. The van der Waals surface area contributed by atoms with Gasteiger partial charge in [0.05, 0.1) is 0 Å². The van der Waals surface area contributed by atoms with Crippen LogP contribution in [-0.2, 0) is 18.3 Å². The van der Waals surface area contributed by atoms with E-state index in [1.807, 2.05) is 0 Å². The molecule has 0 spiro atoms. The van der Waals surface area contributed by atoms with Crippen molar-refractivity contribution in [3.05, 3.63) is 199 Å². The summed E-state index contributed by atoms with van der Waals surface area (Å²) in [6, 6.07) is 45.0. The maximum atomic E-state index is 7.37. The Kier molecular flexibility index (Phi) is 10.1. The Labute approximate surface area is 358 Å². The Morgan fingerprint density at radius 2 is 0.667 bits per heavy atom. The first-order chi connectivity index (χ1) is 28.9. The van der Waals surface area contributed by atoms with Crippen molar-refractivity contribution in [2.75, 3.05) is 0 Å².